The number of benzene rings is 9. The molecule has 1 N–H and O–H groups in total. The van der Waals surface area contributed by atoms with E-state index in [4.69, 9.17) is 5.26 Å². The third-order valence-corrected chi connectivity index (χ3v) is 12.4. The fourth-order valence-electron chi connectivity index (χ4n) is 9.21. The molecular formula is C60H40N4O2. The van der Waals surface area contributed by atoms with E-state index in [2.05, 4.69) is 208 Å². The summed E-state index contributed by atoms with van der Waals surface area (Å²) in [5.74, 6) is -1.25. The number of nitriles is 1. The monoisotopic (exact) mass is 848 g/mol. The minimum atomic E-state index is -1.25. The first-order chi connectivity index (χ1) is 32.5. The van der Waals surface area contributed by atoms with Gasteiger partial charge in [-0.2, -0.15) is 5.26 Å². The number of anilines is 3. The van der Waals surface area contributed by atoms with Gasteiger partial charge in [-0.05, 0) is 119 Å². The zero-order valence-corrected chi connectivity index (χ0v) is 35.7. The molecule has 0 aliphatic heterocycles. The Morgan fingerprint density at radius 1 is 0.439 bits per heavy atom. The van der Waals surface area contributed by atoms with E-state index >= 15 is 0 Å². The van der Waals surface area contributed by atoms with Crippen molar-refractivity contribution in [3.63, 3.8) is 0 Å². The van der Waals surface area contributed by atoms with Crippen molar-refractivity contribution in [3.8, 4) is 39.7 Å². The topological polar surface area (TPSA) is 74.2 Å². The quantitative estimate of drug-likeness (QED) is 0.0845. The highest BCUT2D eigenvalue weighted by atomic mass is 16.4. The Bertz CT molecular complexity index is 3390. The molecule has 0 radical (unpaired) electrons. The molecule has 0 amide bonds. The summed E-state index contributed by atoms with van der Waals surface area (Å²) in [7, 11) is 0. The number of aliphatic carboxylic acids is 1. The minimum Gasteiger partial charge on any atom is -0.477 e. The SMILES string of the molecule is N#C/C(=C\C=C\c1ccc(N(c2ccc(-c3ccc(-n4c5ccccc5c5ccccc54)cc3)cc2)c2ccc(-c3ccc(-n4c5ccccc5c5ccccc54)cc3)cc2)cc1)C(=O)O. The number of aromatic nitrogens is 2. The molecule has 0 unspecified atom stereocenters. The number of allylic oxidation sites excluding steroid dienone is 2. The summed E-state index contributed by atoms with van der Waals surface area (Å²) in [6, 6.07) is 78.9. The lowest BCUT2D eigenvalue weighted by Crippen LogP contribution is -2.09. The normalized spacial score (nSPS) is 11.8. The van der Waals surface area contributed by atoms with Crippen molar-refractivity contribution < 1.29 is 9.90 Å². The maximum Gasteiger partial charge on any atom is 0.346 e. The highest BCUT2D eigenvalue weighted by Crippen LogP contribution is 2.39. The second-order valence-electron chi connectivity index (χ2n) is 16.2. The van der Waals surface area contributed by atoms with Crippen molar-refractivity contribution in [1.82, 2.24) is 9.13 Å². The lowest BCUT2D eigenvalue weighted by molar-refractivity contribution is -0.132. The highest BCUT2D eigenvalue weighted by molar-refractivity contribution is 6.10. The van der Waals surface area contributed by atoms with E-state index < -0.39 is 5.97 Å². The lowest BCUT2D eigenvalue weighted by atomic mass is 10.0. The molecule has 0 spiro atoms. The van der Waals surface area contributed by atoms with Crippen molar-refractivity contribution in [3.05, 3.63) is 242 Å². The molecule has 0 atom stereocenters. The standard InChI is InChI=1S/C60H40N4O2/c61-40-46(60(65)66)11-9-10-41-20-30-47(31-21-41)62(48-32-22-42(23-33-48)44-26-36-50(37-27-44)63-56-16-5-1-12-52(56)53-13-2-6-17-57(53)63)49-34-24-43(25-35-49)45-28-38-51(39-29-45)64-58-18-7-3-14-54(58)55-15-4-8-19-59(55)64/h1-39H,(H,65,66)/b10-9+,46-11+. The number of nitrogens with zero attached hydrogens (tertiary/aromatic N) is 4. The van der Waals surface area contributed by atoms with Gasteiger partial charge < -0.3 is 19.1 Å². The highest BCUT2D eigenvalue weighted by Gasteiger charge is 2.16. The van der Waals surface area contributed by atoms with Crippen LogP contribution in [0.2, 0.25) is 0 Å². The Balaban J connectivity index is 0.905. The van der Waals surface area contributed by atoms with Gasteiger partial charge in [0.1, 0.15) is 11.6 Å². The molecule has 11 aromatic rings. The predicted molar refractivity (Wildman–Crippen MR) is 271 cm³/mol. The van der Waals surface area contributed by atoms with Crippen molar-refractivity contribution in [2.75, 3.05) is 4.90 Å². The number of hydrogen-bond donors (Lipinski definition) is 1. The lowest BCUT2D eigenvalue weighted by Gasteiger charge is -2.26. The Labute approximate surface area is 381 Å². The first-order valence-corrected chi connectivity index (χ1v) is 21.8. The average molecular weight is 849 g/mol. The van der Waals surface area contributed by atoms with Crippen molar-refractivity contribution in [2.45, 2.75) is 0 Å². The molecule has 2 aromatic heterocycles. The Morgan fingerprint density at radius 3 is 1.09 bits per heavy atom. The molecule has 0 aliphatic rings. The molecule has 9 aromatic carbocycles. The van der Waals surface area contributed by atoms with Gasteiger partial charge in [0, 0.05) is 50.0 Å². The van der Waals surface area contributed by atoms with Gasteiger partial charge in [0.25, 0.3) is 0 Å². The van der Waals surface area contributed by atoms with Crippen LogP contribution in [0.4, 0.5) is 17.1 Å². The van der Waals surface area contributed by atoms with Crippen LogP contribution < -0.4 is 4.90 Å². The van der Waals surface area contributed by atoms with E-state index in [9.17, 15) is 9.90 Å². The number of carbonyl (C=O) groups is 1. The molecule has 11 rings (SSSR count). The van der Waals surface area contributed by atoms with E-state index in [0.717, 1.165) is 56.3 Å². The third kappa shape index (κ3) is 7.17. The number of para-hydroxylation sites is 4. The van der Waals surface area contributed by atoms with Crippen LogP contribution in [0.3, 0.4) is 0 Å². The summed E-state index contributed by atoms with van der Waals surface area (Å²) in [6.45, 7) is 0. The molecule has 0 fully saturated rings. The van der Waals surface area contributed by atoms with Gasteiger partial charge >= 0.3 is 5.97 Å². The van der Waals surface area contributed by atoms with Crippen LogP contribution in [0.5, 0.6) is 0 Å². The van der Waals surface area contributed by atoms with Crippen molar-refractivity contribution >= 4 is 72.7 Å². The van der Waals surface area contributed by atoms with Crippen LogP contribution in [0.25, 0.3) is 83.3 Å². The largest absolute Gasteiger partial charge is 0.477 e. The van der Waals surface area contributed by atoms with Crippen LogP contribution in [0, 0.1) is 11.3 Å². The third-order valence-electron chi connectivity index (χ3n) is 12.4. The second kappa shape index (κ2) is 16.8. The maximum absolute atomic E-state index is 11.3. The van der Waals surface area contributed by atoms with Crippen LogP contribution in [0.15, 0.2) is 236 Å². The van der Waals surface area contributed by atoms with Gasteiger partial charge in [-0.25, -0.2) is 4.79 Å². The number of carboxylic acid groups (broad SMARTS) is 1. The summed E-state index contributed by atoms with van der Waals surface area (Å²) >= 11 is 0. The van der Waals surface area contributed by atoms with Gasteiger partial charge in [0.05, 0.1) is 22.1 Å². The Kier molecular flexibility index (Phi) is 10.1. The van der Waals surface area contributed by atoms with Crippen LogP contribution in [-0.4, -0.2) is 20.2 Å². The van der Waals surface area contributed by atoms with Crippen molar-refractivity contribution in [2.24, 2.45) is 0 Å². The first kappa shape index (κ1) is 39.7. The molecule has 66 heavy (non-hydrogen) atoms. The first-order valence-electron chi connectivity index (χ1n) is 21.8. The summed E-state index contributed by atoms with van der Waals surface area (Å²) in [4.78, 5) is 13.5. The van der Waals surface area contributed by atoms with Gasteiger partial charge in [0.2, 0.25) is 0 Å². The zero-order chi connectivity index (χ0) is 44.6. The Hall–Kier alpha value is -9.18. The molecule has 0 saturated carbocycles. The second-order valence-corrected chi connectivity index (χ2v) is 16.2. The number of rotatable bonds is 10. The molecule has 0 aliphatic carbocycles. The van der Waals surface area contributed by atoms with Crippen LogP contribution in [-0.2, 0) is 4.79 Å². The van der Waals surface area contributed by atoms with Gasteiger partial charge in [-0.15, -0.1) is 0 Å². The maximum atomic E-state index is 11.3. The number of fused-ring (bicyclic) bond motifs is 6. The summed E-state index contributed by atoms with van der Waals surface area (Å²) in [5.41, 5.74) is 14.9. The van der Waals surface area contributed by atoms with E-state index in [1.54, 1.807) is 18.2 Å². The molecule has 2 heterocycles. The smallest absolute Gasteiger partial charge is 0.346 e. The number of hydrogen-bond acceptors (Lipinski definition) is 3. The zero-order valence-electron chi connectivity index (χ0n) is 35.7. The van der Waals surface area contributed by atoms with Gasteiger partial charge in [-0.3, -0.25) is 0 Å². The van der Waals surface area contributed by atoms with Crippen LogP contribution in [0.1, 0.15) is 5.56 Å². The Morgan fingerprint density at radius 2 is 0.758 bits per heavy atom. The van der Waals surface area contributed by atoms with E-state index in [-0.39, 0.29) is 5.57 Å². The van der Waals surface area contributed by atoms with E-state index in [1.807, 2.05) is 24.3 Å². The molecule has 0 saturated heterocycles. The van der Waals surface area contributed by atoms with Crippen molar-refractivity contribution in [1.29, 1.82) is 5.26 Å². The molecule has 6 nitrogen and oxygen atoms in total. The molecule has 6 heteroatoms. The van der Waals surface area contributed by atoms with E-state index in [1.165, 1.54) is 49.7 Å². The molecular weight excluding hydrogens is 809 g/mol. The van der Waals surface area contributed by atoms with Gasteiger partial charge in [0.15, 0.2) is 0 Å². The van der Waals surface area contributed by atoms with E-state index in [0.29, 0.717) is 0 Å². The fraction of sp³-hybridized carbons (Fsp3) is 0. The summed E-state index contributed by atoms with van der Waals surface area (Å²) < 4.78 is 4.67. The fourth-order valence-corrected chi connectivity index (χ4v) is 9.21. The molecule has 312 valence electrons. The van der Waals surface area contributed by atoms with Gasteiger partial charge in [-0.1, -0.05) is 146 Å². The predicted octanol–water partition coefficient (Wildman–Crippen LogP) is 15.2. The minimum absolute atomic E-state index is 0.320. The summed E-state index contributed by atoms with van der Waals surface area (Å²) in [5, 5.41) is 23.4. The number of carboxylic acids is 1. The molecule has 0 bridgehead atoms. The average Bonchev–Trinajstić information content (AvgIpc) is 3.89. The summed E-state index contributed by atoms with van der Waals surface area (Å²) in [6.07, 6.45) is 4.68. The van der Waals surface area contributed by atoms with Crippen LogP contribution >= 0.6 is 0 Å².